The van der Waals surface area contributed by atoms with Gasteiger partial charge >= 0.3 is 0 Å². The van der Waals surface area contributed by atoms with Crippen LogP contribution in [-0.4, -0.2) is 38.8 Å². The molecular formula is C21H24Cl2N2O3S. The molecule has 156 valence electrons. The van der Waals surface area contributed by atoms with E-state index < -0.39 is 10.0 Å². The van der Waals surface area contributed by atoms with Crippen molar-refractivity contribution in [3.63, 3.8) is 0 Å². The molecule has 0 N–H and O–H groups in total. The largest absolute Gasteiger partial charge is 0.315 e. The van der Waals surface area contributed by atoms with Gasteiger partial charge in [0, 0.05) is 36.8 Å². The summed E-state index contributed by atoms with van der Waals surface area (Å²) in [5.41, 5.74) is 3.15. The summed E-state index contributed by atoms with van der Waals surface area (Å²) < 4.78 is 27.3. The molecule has 0 saturated carbocycles. The van der Waals surface area contributed by atoms with E-state index in [9.17, 15) is 13.2 Å². The van der Waals surface area contributed by atoms with Crippen molar-refractivity contribution in [3.8, 4) is 0 Å². The summed E-state index contributed by atoms with van der Waals surface area (Å²) in [6.07, 6.45) is 0.927. The van der Waals surface area contributed by atoms with Crippen LogP contribution in [0.2, 0.25) is 10.0 Å². The number of rotatable bonds is 4. The molecule has 2 aromatic rings. The molecule has 0 spiro atoms. The first-order chi connectivity index (χ1) is 13.6. The van der Waals surface area contributed by atoms with Crippen LogP contribution in [0.3, 0.4) is 0 Å². The topological polar surface area (TPSA) is 57.7 Å². The Labute approximate surface area is 182 Å². The Kier molecular flexibility index (Phi) is 6.58. The molecule has 29 heavy (non-hydrogen) atoms. The van der Waals surface area contributed by atoms with Gasteiger partial charge in [-0.2, -0.15) is 4.31 Å². The second-order valence-corrected chi connectivity index (χ2v) is 10.2. The number of hydrogen-bond donors (Lipinski definition) is 0. The zero-order valence-corrected chi connectivity index (χ0v) is 19.0. The van der Waals surface area contributed by atoms with Crippen molar-refractivity contribution in [2.75, 3.05) is 25.0 Å². The average molecular weight is 455 g/mol. The van der Waals surface area contributed by atoms with Crippen LogP contribution in [-0.2, 0) is 14.8 Å². The number of sulfonamides is 1. The maximum absolute atomic E-state index is 12.9. The van der Waals surface area contributed by atoms with Gasteiger partial charge < -0.3 is 4.90 Å². The maximum atomic E-state index is 12.9. The van der Waals surface area contributed by atoms with E-state index in [2.05, 4.69) is 0 Å². The fraction of sp³-hybridized carbons (Fsp3) is 0.381. The Hall–Kier alpha value is -1.60. The van der Waals surface area contributed by atoms with Gasteiger partial charge in [-0.25, -0.2) is 8.42 Å². The molecule has 2 aromatic carbocycles. The Morgan fingerprint density at radius 3 is 2.31 bits per heavy atom. The molecule has 1 aliphatic heterocycles. The molecule has 1 amide bonds. The Balaban J connectivity index is 1.70. The number of anilines is 1. The van der Waals surface area contributed by atoms with Gasteiger partial charge in [0.1, 0.15) is 4.90 Å². The highest BCUT2D eigenvalue weighted by molar-refractivity contribution is 7.89. The molecule has 0 unspecified atom stereocenters. The fourth-order valence-corrected chi connectivity index (χ4v) is 5.70. The van der Waals surface area contributed by atoms with Gasteiger partial charge in [0.25, 0.3) is 0 Å². The molecule has 0 aromatic heterocycles. The van der Waals surface area contributed by atoms with E-state index in [0.717, 1.165) is 11.3 Å². The molecule has 1 saturated heterocycles. The first kappa shape index (κ1) is 22.1. The number of carbonyl (C=O) groups excluding carboxylic acids is 1. The predicted octanol–water partition coefficient (Wildman–Crippen LogP) is 4.67. The highest BCUT2D eigenvalue weighted by atomic mass is 35.5. The summed E-state index contributed by atoms with van der Waals surface area (Å²) in [5, 5.41) is 0.454. The van der Waals surface area contributed by atoms with Crippen LogP contribution in [0, 0.1) is 19.8 Å². The van der Waals surface area contributed by atoms with Crippen molar-refractivity contribution in [2.45, 2.75) is 31.6 Å². The van der Waals surface area contributed by atoms with Crippen molar-refractivity contribution >= 4 is 44.8 Å². The molecule has 1 aliphatic rings. The SMILES string of the molecule is Cc1ccc(N(C)C(=O)C2CCN(S(=O)(=O)c3cc(Cl)ccc3Cl)CC2)cc1C. The van der Waals surface area contributed by atoms with E-state index in [0.29, 0.717) is 17.9 Å². The number of piperidine rings is 1. The number of hydrogen-bond acceptors (Lipinski definition) is 3. The average Bonchev–Trinajstić information content (AvgIpc) is 2.70. The molecule has 3 rings (SSSR count). The number of amides is 1. The summed E-state index contributed by atoms with van der Waals surface area (Å²) in [6.45, 7) is 4.58. The first-order valence-electron chi connectivity index (χ1n) is 9.41. The molecule has 0 aliphatic carbocycles. The van der Waals surface area contributed by atoms with Gasteiger partial charge in [-0.15, -0.1) is 0 Å². The lowest BCUT2D eigenvalue weighted by molar-refractivity contribution is -0.123. The van der Waals surface area contributed by atoms with Crippen LogP contribution in [0.25, 0.3) is 0 Å². The highest BCUT2D eigenvalue weighted by Crippen LogP contribution is 2.31. The lowest BCUT2D eigenvalue weighted by Crippen LogP contribution is -2.43. The number of aryl methyl sites for hydroxylation is 2. The van der Waals surface area contributed by atoms with Crippen LogP contribution in [0.15, 0.2) is 41.3 Å². The minimum absolute atomic E-state index is 0.00342. The van der Waals surface area contributed by atoms with Crippen LogP contribution < -0.4 is 4.90 Å². The Bertz CT molecular complexity index is 1030. The molecule has 0 atom stereocenters. The highest BCUT2D eigenvalue weighted by Gasteiger charge is 2.34. The van der Waals surface area contributed by atoms with E-state index in [1.165, 1.54) is 22.0 Å². The lowest BCUT2D eigenvalue weighted by atomic mass is 9.96. The van der Waals surface area contributed by atoms with Gasteiger partial charge in [-0.1, -0.05) is 29.3 Å². The summed E-state index contributed by atoms with van der Waals surface area (Å²) in [5.74, 6) is -0.214. The third-order valence-corrected chi connectivity index (χ3v) is 8.14. The smallest absolute Gasteiger partial charge is 0.244 e. The molecule has 0 bridgehead atoms. The normalized spacial score (nSPS) is 16.0. The third-order valence-electron chi connectivity index (χ3n) is 5.52. The van der Waals surface area contributed by atoms with Gasteiger partial charge in [0.05, 0.1) is 5.02 Å². The molecule has 1 fully saturated rings. The number of carbonyl (C=O) groups is 1. The van der Waals surface area contributed by atoms with Crippen molar-refractivity contribution in [1.29, 1.82) is 0 Å². The van der Waals surface area contributed by atoms with Gasteiger partial charge in [0.15, 0.2) is 0 Å². The molecule has 0 radical (unpaired) electrons. The zero-order chi connectivity index (χ0) is 21.3. The first-order valence-corrected chi connectivity index (χ1v) is 11.6. The van der Waals surface area contributed by atoms with E-state index in [-0.39, 0.29) is 34.8 Å². The molecule has 1 heterocycles. The monoisotopic (exact) mass is 454 g/mol. The van der Waals surface area contributed by atoms with E-state index in [1.54, 1.807) is 18.0 Å². The molecular weight excluding hydrogens is 431 g/mol. The fourth-order valence-electron chi connectivity index (χ4n) is 3.49. The van der Waals surface area contributed by atoms with E-state index in [1.807, 2.05) is 32.0 Å². The van der Waals surface area contributed by atoms with Gasteiger partial charge in [-0.3, -0.25) is 4.79 Å². The van der Waals surface area contributed by atoms with Crippen molar-refractivity contribution < 1.29 is 13.2 Å². The predicted molar refractivity (Wildman–Crippen MR) is 117 cm³/mol. The van der Waals surface area contributed by atoms with Crippen LogP contribution >= 0.6 is 23.2 Å². The quantitative estimate of drug-likeness (QED) is 0.673. The van der Waals surface area contributed by atoms with E-state index >= 15 is 0 Å². The number of nitrogens with zero attached hydrogens (tertiary/aromatic N) is 2. The maximum Gasteiger partial charge on any atom is 0.244 e. The Morgan fingerprint density at radius 2 is 1.69 bits per heavy atom. The van der Waals surface area contributed by atoms with E-state index in [4.69, 9.17) is 23.2 Å². The minimum atomic E-state index is -3.76. The van der Waals surface area contributed by atoms with Crippen molar-refractivity contribution in [1.82, 2.24) is 4.31 Å². The summed E-state index contributed by atoms with van der Waals surface area (Å²) in [7, 11) is -1.99. The second-order valence-electron chi connectivity index (χ2n) is 7.42. The standard InChI is InChI=1S/C21H24Cl2N2O3S/c1-14-4-6-18(12-15(14)2)24(3)21(26)16-8-10-25(11-9-16)29(27,28)20-13-17(22)5-7-19(20)23/h4-7,12-13,16H,8-11H2,1-3H3. The summed E-state index contributed by atoms with van der Waals surface area (Å²) in [6, 6.07) is 10.3. The van der Waals surface area contributed by atoms with Crippen molar-refractivity contribution in [2.24, 2.45) is 5.92 Å². The van der Waals surface area contributed by atoms with Crippen LogP contribution in [0.1, 0.15) is 24.0 Å². The summed E-state index contributed by atoms with van der Waals surface area (Å²) in [4.78, 5) is 14.6. The number of benzene rings is 2. The summed E-state index contributed by atoms with van der Waals surface area (Å²) >= 11 is 12.0. The molecule has 8 heteroatoms. The second kappa shape index (κ2) is 8.64. The minimum Gasteiger partial charge on any atom is -0.315 e. The zero-order valence-electron chi connectivity index (χ0n) is 16.7. The third kappa shape index (κ3) is 4.61. The lowest BCUT2D eigenvalue weighted by Gasteiger charge is -2.32. The van der Waals surface area contributed by atoms with Crippen molar-refractivity contribution in [3.05, 3.63) is 57.6 Å². The molecule has 5 nitrogen and oxygen atoms in total. The van der Waals surface area contributed by atoms with Gasteiger partial charge in [-0.05, 0) is 68.1 Å². The van der Waals surface area contributed by atoms with Crippen LogP contribution in [0.5, 0.6) is 0 Å². The van der Waals surface area contributed by atoms with Crippen LogP contribution in [0.4, 0.5) is 5.69 Å². The van der Waals surface area contributed by atoms with Gasteiger partial charge in [0.2, 0.25) is 15.9 Å². The number of halogens is 2. The Morgan fingerprint density at radius 1 is 1.03 bits per heavy atom.